The highest BCUT2D eigenvalue weighted by Crippen LogP contribution is 2.29. The summed E-state index contributed by atoms with van der Waals surface area (Å²) >= 11 is 0. The van der Waals surface area contributed by atoms with Crippen LogP contribution in [0.4, 0.5) is 15.9 Å². The molecule has 3 aromatic rings. The molecule has 6 heteroatoms. The first-order chi connectivity index (χ1) is 13.8. The van der Waals surface area contributed by atoms with E-state index < -0.39 is 0 Å². The summed E-state index contributed by atoms with van der Waals surface area (Å²) in [6.07, 6.45) is 3.72. The van der Waals surface area contributed by atoms with Crippen LogP contribution in [-0.4, -0.2) is 22.4 Å². The van der Waals surface area contributed by atoms with Gasteiger partial charge in [0.2, 0.25) is 0 Å². The summed E-state index contributed by atoms with van der Waals surface area (Å²) in [5.74, 6) is 0.0392. The van der Waals surface area contributed by atoms with Gasteiger partial charge in [-0.1, -0.05) is 51.1 Å². The lowest BCUT2D eigenvalue weighted by molar-refractivity contribution is 0.102. The lowest BCUT2D eigenvalue weighted by Gasteiger charge is -2.22. The quantitative estimate of drug-likeness (QED) is 0.631. The van der Waals surface area contributed by atoms with E-state index in [1.165, 1.54) is 24.5 Å². The van der Waals surface area contributed by atoms with Crippen LogP contribution in [0.2, 0.25) is 0 Å². The summed E-state index contributed by atoms with van der Waals surface area (Å²) < 4.78 is 12.9. The van der Waals surface area contributed by atoms with Gasteiger partial charge < -0.3 is 10.6 Å². The number of para-hydroxylation sites is 1. The minimum absolute atomic E-state index is 0.0894. The first-order valence-electron chi connectivity index (χ1n) is 9.54. The molecule has 0 bridgehead atoms. The zero-order valence-corrected chi connectivity index (χ0v) is 16.9. The number of halogens is 1. The first-order valence-corrected chi connectivity index (χ1v) is 9.54. The summed E-state index contributed by atoms with van der Waals surface area (Å²) in [6.45, 7) is 6.93. The van der Waals surface area contributed by atoms with Crippen LogP contribution in [-0.2, 0) is 11.8 Å². The fraction of sp³-hybridized carbons (Fsp3) is 0.261. The number of aromatic nitrogens is 2. The Kier molecular flexibility index (Phi) is 6.22. The molecule has 29 heavy (non-hydrogen) atoms. The molecule has 5 nitrogen and oxygen atoms in total. The second-order valence-corrected chi connectivity index (χ2v) is 7.84. The number of hydrogen-bond acceptors (Lipinski definition) is 4. The molecule has 2 N–H and O–H groups in total. The topological polar surface area (TPSA) is 66.9 Å². The largest absolute Gasteiger partial charge is 0.368 e. The molecule has 0 aliphatic carbocycles. The van der Waals surface area contributed by atoms with Crippen LogP contribution in [0.1, 0.15) is 42.4 Å². The average Bonchev–Trinajstić information content (AvgIpc) is 2.69. The monoisotopic (exact) mass is 392 g/mol. The number of rotatable bonds is 6. The third kappa shape index (κ3) is 5.60. The molecule has 1 heterocycles. The molecule has 2 aromatic carbocycles. The van der Waals surface area contributed by atoms with Gasteiger partial charge in [-0.25, -0.2) is 14.4 Å². The minimum Gasteiger partial charge on any atom is -0.368 e. The summed E-state index contributed by atoms with van der Waals surface area (Å²) in [5.41, 5.74) is 3.01. The highest BCUT2D eigenvalue weighted by molar-refractivity contribution is 6.03. The van der Waals surface area contributed by atoms with Crippen LogP contribution < -0.4 is 10.6 Å². The average molecular weight is 392 g/mol. The number of anilines is 2. The van der Waals surface area contributed by atoms with Gasteiger partial charge in [-0.2, -0.15) is 0 Å². The molecule has 0 unspecified atom stereocenters. The maximum atomic E-state index is 12.9. The number of nitrogens with one attached hydrogen (secondary N) is 2. The Morgan fingerprint density at radius 2 is 1.72 bits per heavy atom. The minimum atomic E-state index is -0.299. The fourth-order valence-electron chi connectivity index (χ4n) is 2.96. The lowest BCUT2D eigenvalue weighted by atomic mass is 9.86. The second-order valence-electron chi connectivity index (χ2n) is 7.84. The van der Waals surface area contributed by atoms with E-state index in [0.29, 0.717) is 12.4 Å². The molecular weight excluding hydrogens is 367 g/mol. The van der Waals surface area contributed by atoms with Crippen molar-refractivity contribution < 1.29 is 9.18 Å². The first kappa shape index (κ1) is 20.5. The van der Waals surface area contributed by atoms with Crippen molar-refractivity contribution in [2.75, 3.05) is 17.2 Å². The van der Waals surface area contributed by atoms with E-state index >= 15 is 0 Å². The van der Waals surface area contributed by atoms with E-state index in [0.717, 1.165) is 23.2 Å². The smallest absolute Gasteiger partial charge is 0.275 e. The number of nitrogens with zero attached hydrogens (tertiary/aromatic N) is 2. The maximum absolute atomic E-state index is 12.9. The molecule has 0 fully saturated rings. The van der Waals surface area contributed by atoms with Gasteiger partial charge in [-0.15, -0.1) is 0 Å². The van der Waals surface area contributed by atoms with E-state index in [4.69, 9.17) is 0 Å². The van der Waals surface area contributed by atoms with E-state index in [2.05, 4.69) is 41.4 Å². The Morgan fingerprint density at radius 3 is 2.38 bits per heavy atom. The molecule has 0 atom stereocenters. The van der Waals surface area contributed by atoms with E-state index in [1.54, 1.807) is 12.1 Å². The van der Waals surface area contributed by atoms with Crippen LogP contribution in [0, 0.1) is 5.82 Å². The molecule has 1 amide bonds. The van der Waals surface area contributed by atoms with Crippen LogP contribution in [0.3, 0.4) is 0 Å². The molecule has 0 saturated heterocycles. The predicted molar refractivity (Wildman–Crippen MR) is 114 cm³/mol. The molecular formula is C23H25FN4O. The third-order valence-corrected chi connectivity index (χ3v) is 4.50. The van der Waals surface area contributed by atoms with Crippen LogP contribution in [0.15, 0.2) is 60.9 Å². The Bertz CT molecular complexity index is 963. The van der Waals surface area contributed by atoms with Crippen LogP contribution in [0.5, 0.6) is 0 Å². The van der Waals surface area contributed by atoms with Gasteiger partial charge in [-0.05, 0) is 41.2 Å². The van der Waals surface area contributed by atoms with Gasteiger partial charge in [-0.3, -0.25) is 4.79 Å². The molecule has 0 spiro atoms. The lowest BCUT2D eigenvalue weighted by Crippen LogP contribution is -2.19. The number of carbonyl (C=O) groups excluding carboxylic acids is 1. The fourth-order valence-corrected chi connectivity index (χ4v) is 2.96. The predicted octanol–water partition coefficient (Wildman–Crippen LogP) is 4.82. The van der Waals surface area contributed by atoms with Crippen molar-refractivity contribution in [2.24, 2.45) is 0 Å². The second kappa shape index (κ2) is 8.82. The summed E-state index contributed by atoms with van der Waals surface area (Å²) in [7, 11) is 0. The van der Waals surface area contributed by atoms with Crippen molar-refractivity contribution in [1.29, 1.82) is 0 Å². The van der Waals surface area contributed by atoms with Crippen molar-refractivity contribution >= 4 is 17.4 Å². The van der Waals surface area contributed by atoms with Crippen LogP contribution in [0.25, 0.3) is 0 Å². The van der Waals surface area contributed by atoms with Gasteiger partial charge in [0, 0.05) is 12.2 Å². The van der Waals surface area contributed by atoms with Gasteiger partial charge in [0.05, 0.1) is 12.4 Å². The number of carbonyl (C=O) groups is 1. The number of hydrogen-bond donors (Lipinski definition) is 2. The molecule has 3 rings (SSSR count). The van der Waals surface area contributed by atoms with Crippen molar-refractivity contribution in [1.82, 2.24) is 9.97 Å². The zero-order valence-electron chi connectivity index (χ0n) is 16.9. The highest BCUT2D eigenvalue weighted by atomic mass is 19.1. The third-order valence-electron chi connectivity index (χ3n) is 4.50. The Labute approximate surface area is 170 Å². The van der Waals surface area contributed by atoms with Gasteiger partial charge in [0.1, 0.15) is 17.3 Å². The van der Waals surface area contributed by atoms with Crippen molar-refractivity contribution in [3.63, 3.8) is 0 Å². The standard InChI is InChI=1S/C23H25FN4O/c1-23(2,3)18-6-4-5-7-19(18)28-22(29)20-14-27-21(15-26-20)25-13-12-16-8-10-17(24)11-9-16/h4-11,14-15H,12-13H2,1-3H3,(H,25,27)(H,28,29). The van der Waals surface area contributed by atoms with Gasteiger partial charge in [0.15, 0.2) is 0 Å². The normalized spacial score (nSPS) is 11.2. The van der Waals surface area contributed by atoms with Crippen molar-refractivity contribution in [2.45, 2.75) is 32.6 Å². The number of benzene rings is 2. The van der Waals surface area contributed by atoms with Crippen molar-refractivity contribution in [3.8, 4) is 0 Å². The molecule has 1 aromatic heterocycles. The SMILES string of the molecule is CC(C)(C)c1ccccc1NC(=O)c1cnc(NCCc2ccc(F)cc2)cn1. The molecule has 0 saturated carbocycles. The van der Waals surface area contributed by atoms with E-state index in [9.17, 15) is 9.18 Å². The summed E-state index contributed by atoms with van der Waals surface area (Å²) in [6, 6.07) is 14.2. The summed E-state index contributed by atoms with van der Waals surface area (Å²) in [5, 5.41) is 6.08. The molecule has 150 valence electrons. The Morgan fingerprint density at radius 1 is 1.00 bits per heavy atom. The van der Waals surface area contributed by atoms with E-state index in [1.807, 2.05) is 24.3 Å². The molecule has 0 aliphatic heterocycles. The van der Waals surface area contributed by atoms with Gasteiger partial charge in [0.25, 0.3) is 5.91 Å². The maximum Gasteiger partial charge on any atom is 0.275 e. The summed E-state index contributed by atoms with van der Waals surface area (Å²) in [4.78, 5) is 21.0. The van der Waals surface area contributed by atoms with Crippen LogP contribution >= 0.6 is 0 Å². The van der Waals surface area contributed by atoms with Crippen molar-refractivity contribution in [3.05, 3.63) is 83.6 Å². The zero-order chi connectivity index (χ0) is 20.9. The Balaban J connectivity index is 1.58. The Hall–Kier alpha value is -3.28. The van der Waals surface area contributed by atoms with Gasteiger partial charge >= 0.3 is 0 Å². The number of amides is 1. The molecule has 0 radical (unpaired) electrons. The molecule has 0 aliphatic rings. The highest BCUT2D eigenvalue weighted by Gasteiger charge is 2.19. The van der Waals surface area contributed by atoms with E-state index in [-0.39, 0.29) is 22.8 Å².